The summed E-state index contributed by atoms with van der Waals surface area (Å²) in [4.78, 5) is 6.60. The number of nitrogens with zero attached hydrogens (tertiary/aromatic N) is 2. The van der Waals surface area contributed by atoms with Crippen LogP contribution in [0.25, 0.3) is 0 Å². The van der Waals surface area contributed by atoms with E-state index < -0.39 is 0 Å². The van der Waals surface area contributed by atoms with E-state index in [9.17, 15) is 0 Å². The molecule has 0 saturated heterocycles. The second kappa shape index (κ2) is 7.14. The first kappa shape index (κ1) is 13.9. The lowest BCUT2D eigenvalue weighted by Gasteiger charge is -2.19. The molecule has 0 amide bonds. The lowest BCUT2D eigenvalue weighted by Crippen LogP contribution is -2.20. The highest BCUT2D eigenvalue weighted by Crippen LogP contribution is 2.12. The molecule has 0 aliphatic rings. The number of para-hydroxylation sites is 1. The molecule has 0 aliphatic heterocycles. The zero-order valence-electron chi connectivity index (χ0n) is 11.0. The summed E-state index contributed by atoms with van der Waals surface area (Å²) >= 11 is 3.37. The monoisotopic (exact) mass is 319 g/mol. The molecule has 0 saturated carbocycles. The van der Waals surface area contributed by atoms with Gasteiger partial charge in [-0.25, -0.2) is 4.98 Å². The summed E-state index contributed by atoms with van der Waals surface area (Å²) in [7, 11) is 2.12. The van der Waals surface area contributed by atoms with Gasteiger partial charge in [0.2, 0.25) is 0 Å². The second-order valence-corrected chi connectivity index (χ2v) is 5.20. The van der Waals surface area contributed by atoms with E-state index in [2.05, 4.69) is 62.4 Å². The fraction of sp³-hybridized carbons (Fsp3) is 0.267. The van der Waals surface area contributed by atoms with Gasteiger partial charge in [0.1, 0.15) is 10.4 Å². The minimum atomic E-state index is 0.860. The van der Waals surface area contributed by atoms with Crippen LogP contribution in [-0.4, -0.2) is 25.1 Å². The van der Waals surface area contributed by atoms with Gasteiger partial charge in [-0.3, -0.25) is 0 Å². The van der Waals surface area contributed by atoms with Gasteiger partial charge in [0.05, 0.1) is 0 Å². The number of hydrogen-bond donors (Lipinski definition) is 1. The first-order valence-electron chi connectivity index (χ1n) is 6.38. The number of aromatic nitrogens is 1. The van der Waals surface area contributed by atoms with Crippen molar-refractivity contribution in [3.8, 4) is 0 Å². The molecule has 2 rings (SSSR count). The molecule has 0 spiro atoms. The molecule has 4 heteroatoms. The molecule has 1 heterocycles. The summed E-state index contributed by atoms with van der Waals surface area (Å²) in [6.07, 6.45) is 1.07. The zero-order chi connectivity index (χ0) is 13.5. The summed E-state index contributed by atoms with van der Waals surface area (Å²) in [5.74, 6) is 0.914. The maximum Gasteiger partial charge on any atom is 0.127 e. The quantitative estimate of drug-likeness (QED) is 0.648. The van der Waals surface area contributed by atoms with Gasteiger partial charge >= 0.3 is 0 Å². The average molecular weight is 320 g/mol. The van der Waals surface area contributed by atoms with Crippen molar-refractivity contribution >= 4 is 27.4 Å². The van der Waals surface area contributed by atoms with Gasteiger partial charge in [0.15, 0.2) is 0 Å². The number of nitrogens with one attached hydrogen (secondary N) is 1. The number of rotatable bonds is 6. The predicted octanol–water partition coefficient (Wildman–Crippen LogP) is 3.78. The molecule has 0 unspecified atom stereocenters. The molecule has 1 aromatic heterocycles. The van der Waals surface area contributed by atoms with Crippen molar-refractivity contribution in [3.05, 3.63) is 53.1 Å². The SMILES string of the molecule is CN(CCCNc1cccc(Br)n1)c1ccccc1. The van der Waals surface area contributed by atoms with Crippen LogP contribution in [0.5, 0.6) is 0 Å². The molecule has 0 radical (unpaired) electrons. The van der Waals surface area contributed by atoms with E-state index in [1.54, 1.807) is 0 Å². The van der Waals surface area contributed by atoms with E-state index in [-0.39, 0.29) is 0 Å². The Morgan fingerprint density at radius 3 is 2.63 bits per heavy atom. The molecular weight excluding hydrogens is 302 g/mol. The van der Waals surface area contributed by atoms with Crippen molar-refractivity contribution < 1.29 is 0 Å². The van der Waals surface area contributed by atoms with Gasteiger partial charge in [0, 0.05) is 25.8 Å². The number of hydrogen-bond acceptors (Lipinski definition) is 3. The molecule has 19 heavy (non-hydrogen) atoms. The Balaban J connectivity index is 1.72. The first-order valence-corrected chi connectivity index (χ1v) is 7.17. The van der Waals surface area contributed by atoms with Crippen LogP contribution in [-0.2, 0) is 0 Å². The maximum atomic E-state index is 4.34. The molecular formula is C15H18BrN3. The van der Waals surface area contributed by atoms with Crippen molar-refractivity contribution in [2.75, 3.05) is 30.4 Å². The molecule has 0 atom stereocenters. The molecule has 2 aromatic rings. The highest BCUT2D eigenvalue weighted by Gasteiger charge is 1.99. The van der Waals surface area contributed by atoms with Crippen LogP contribution >= 0.6 is 15.9 Å². The topological polar surface area (TPSA) is 28.2 Å². The van der Waals surface area contributed by atoms with Gasteiger partial charge in [-0.1, -0.05) is 24.3 Å². The second-order valence-electron chi connectivity index (χ2n) is 4.38. The molecule has 0 bridgehead atoms. The van der Waals surface area contributed by atoms with Gasteiger partial charge in [-0.05, 0) is 46.6 Å². The van der Waals surface area contributed by atoms with Gasteiger partial charge in [0.25, 0.3) is 0 Å². The largest absolute Gasteiger partial charge is 0.375 e. The Morgan fingerprint density at radius 1 is 1.11 bits per heavy atom. The van der Waals surface area contributed by atoms with Crippen molar-refractivity contribution in [2.45, 2.75) is 6.42 Å². The number of benzene rings is 1. The first-order chi connectivity index (χ1) is 9.25. The van der Waals surface area contributed by atoms with Crippen LogP contribution < -0.4 is 10.2 Å². The standard InChI is InChI=1S/C15H18BrN3/c1-19(13-7-3-2-4-8-13)12-6-11-17-15-10-5-9-14(16)18-15/h2-5,7-10H,6,11-12H2,1H3,(H,17,18). The predicted molar refractivity (Wildman–Crippen MR) is 84.8 cm³/mol. The van der Waals surface area contributed by atoms with Gasteiger partial charge in [-0.15, -0.1) is 0 Å². The van der Waals surface area contributed by atoms with E-state index in [1.807, 2.05) is 24.3 Å². The van der Waals surface area contributed by atoms with E-state index in [4.69, 9.17) is 0 Å². The summed E-state index contributed by atoms with van der Waals surface area (Å²) in [5, 5.41) is 3.32. The molecule has 100 valence electrons. The Morgan fingerprint density at radius 2 is 1.89 bits per heavy atom. The minimum absolute atomic E-state index is 0.860. The third kappa shape index (κ3) is 4.56. The smallest absolute Gasteiger partial charge is 0.127 e. The summed E-state index contributed by atoms with van der Waals surface area (Å²) in [6.45, 7) is 1.94. The fourth-order valence-corrected chi connectivity index (χ4v) is 2.19. The van der Waals surface area contributed by atoms with E-state index in [0.717, 1.165) is 29.9 Å². The molecule has 1 aromatic carbocycles. The van der Waals surface area contributed by atoms with Crippen LogP contribution in [0, 0.1) is 0 Å². The maximum absolute atomic E-state index is 4.34. The Hall–Kier alpha value is -1.55. The van der Waals surface area contributed by atoms with Gasteiger partial charge < -0.3 is 10.2 Å². The third-order valence-corrected chi connectivity index (χ3v) is 3.33. The number of anilines is 2. The van der Waals surface area contributed by atoms with Crippen molar-refractivity contribution in [3.63, 3.8) is 0 Å². The van der Waals surface area contributed by atoms with E-state index in [0.29, 0.717) is 0 Å². The fourth-order valence-electron chi connectivity index (χ4n) is 1.85. The van der Waals surface area contributed by atoms with Crippen LogP contribution in [0.4, 0.5) is 11.5 Å². The normalized spacial score (nSPS) is 10.2. The van der Waals surface area contributed by atoms with Crippen molar-refractivity contribution in [1.29, 1.82) is 0 Å². The average Bonchev–Trinajstić information content (AvgIpc) is 2.44. The van der Waals surface area contributed by atoms with Crippen LogP contribution in [0.15, 0.2) is 53.1 Å². The van der Waals surface area contributed by atoms with Crippen LogP contribution in [0.3, 0.4) is 0 Å². The number of halogens is 1. The summed E-state index contributed by atoms with van der Waals surface area (Å²) < 4.78 is 0.860. The third-order valence-electron chi connectivity index (χ3n) is 2.89. The molecule has 1 N–H and O–H groups in total. The zero-order valence-corrected chi connectivity index (χ0v) is 12.6. The molecule has 3 nitrogen and oxygen atoms in total. The lowest BCUT2D eigenvalue weighted by atomic mass is 10.3. The number of pyridine rings is 1. The highest BCUT2D eigenvalue weighted by atomic mass is 79.9. The lowest BCUT2D eigenvalue weighted by molar-refractivity contribution is 0.814. The van der Waals surface area contributed by atoms with Gasteiger partial charge in [-0.2, -0.15) is 0 Å². The summed E-state index contributed by atoms with van der Waals surface area (Å²) in [6, 6.07) is 16.3. The van der Waals surface area contributed by atoms with Crippen LogP contribution in [0.1, 0.15) is 6.42 Å². The molecule has 0 fully saturated rings. The van der Waals surface area contributed by atoms with Crippen molar-refractivity contribution in [1.82, 2.24) is 4.98 Å². The Kier molecular flexibility index (Phi) is 5.21. The van der Waals surface area contributed by atoms with Crippen molar-refractivity contribution in [2.24, 2.45) is 0 Å². The van der Waals surface area contributed by atoms with Crippen LogP contribution in [0.2, 0.25) is 0 Å². The Bertz CT molecular complexity index is 502. The highest BCUT2D eigenvalue weighted by molar-refractivity contribution is 9.10. The van der Waals surface area contributed by atoms with E-state index >= 15 is 0 Å². The Labute approximate surface area is 122 Å². The summed E-state index contributed by atoms with van der Waals surface area (Å²) in [5.41, 5.74) is 1.25. The van der Waals surface area contributed by atoms with E-state index in [1.165, 1.54) is 5.69 Å². The molecule has 0 aliphatic carbocycles. The minimum Gasteiger partial charge on any atom is -0.375 e.